The lowest BCUT2D eigenvalue weighted by Gasteiger charge is -2.23. The lowest BCUT2D eigenvalue weighted by molar-refractivity contribution is 0.180. The number of ether oxygens (including phenoxy) is 2. The van der Waals surface area contributed by atoms with Gasteiger partial charge in [-0.15, -0.1) is 5.10 Å². The molecule has 22 heavy (non-hydrogen) atoms. The fraction of sp³-hybridized carbons (Fsp3) is 0.200. The largest absolute Gasteiger partial charge is 0.420 e. The topological polar surface area (TPSA) is 97.0 Å². The third-order valence-electron chi connectivity index (χ3n) is 3.51. The van der Waals surface area contributed by atoms with Crippen molar-refractivity contribution < 1.29 is 13.9 Å². The molecule has 0 aliphatic carbocycles. The molecule has 0 spiro atoms. The summed E-state index contributed by atoms with van der Waals surface area (Å²) in [4.78, 5) is 0. The standard InChI is InChI=1S/C15H13FN4O2/c1-21-7-11-13-12(8-2-4-9(16)5-3-8)10(6-17)14(18)22-15(13)20-19-11/h2-5,12H,7,18H2,1H3,(H,19,20)/t12-/m0/s1. The highest BCUT2D eigenvalue weighted by molar-refractivity contribution is 5.54. The van der Waals surface area contributed by atoms with Crippen molar-refractivity contribution in [3.63, 3.8) is 0 Å². The predicted molar refractivity (Wildman–Crippen MR) is 75.0 cm³/mol. The highest BCUT2D eigenvalue weighted by atomic mass is 19.1. The zero-order valence-corrected chi connectivity index (χ0v) is 11.8. The first-order valence-corrected chi connectivity index (χ1v) is 6.54. The number of allylic oxidation sites excluding steroid dienone is 1. The highest BCUT2D eigenvalue weighted by Crippen LogP contribution is 2.42. The van der Waals surface area contributed by atoms with Crippen LogP contribution in [0.15, 0.2) is 35.7 Å². The Morgan fingerprint density at radius 3 is 2.82 bits per heavy atom. The van der Waals surface area contributed by atoms with Gasteiger partial charge in [0.1, 0.15) is 17.5 Å². The minimum atomic E-state index is -0.474. The van der Waals surface area contributed by atoms with Gasteiger partial charge in [0, 0.05) is 7.11 Å². The van der Waals surface area contributed by atoms with Crippen molar-refractivity contribution in [1.82, 2.24) is 10.2 Å². The van der Waals surface area contributed by atoms with Crippen molar-refractivity contribution >= 4 is 0 Å². The molecule has 0 unspecified atom stereocenters. The Bertz CT molecular complexity index is 774. The number of aromatic amines is 1. The molecule has 2 heterocycles. The number of hydrogen-bond donors (Lipinski definition) is 2. The van der Waals surface area contributed by atoms with Gasteiger partial charge >= 0.3 is 0 Å². The van der Waals surface area contributed by atoms with E-state index in [4.69, 9.17) is 15.2 Å². The van der Waals surface area contributed by atoms with E-state index >= 15 is 0 Å². The van der Waals surface area contributed by atoms with E-state index in [1.807, 2.05) is 0 Å². The van der Waals surface area contributed by atoms with E-state index in [0.717, 1.165) is 5.56 Å². The third kappa shape index (κ3) is 2.19. The van der Waals surface area contributed by atoms with E-state index in [2.05, 4.69) is 16.3 Å². The molecule has 0 bridgehead atoms. The molecule has 6 nitrogen and oxygen atoms in total. The van der Waals surface area contributed by atoms with Gasteiger partial charge in [-0.3, -0.25) is 5.10 Å². The van der Waals surface area contributed by atoms with Gasteiger partial charge in [0.25, 0.3) is 0 Å². The molecule has 1 aromatic heterocycles. The minimum absolute atomic E-state index is 0.000193. The molecule has 1 aromatic carbocycles. The summed E-state index contributed by atoms with van der Waals surface area (Å²) in [6.45, 7) is 0.280. The molecule has 112 valence electrons. The van der Waals surface area contributed by atoms with E-state index < -0.39 is 5.92 Å². The number of nitriles is 1. The Morgan fingerprint density at radius 1 is 1.45 bits per heavy atom. The van der Waals surface area contributed by atoms with Crippen LogP contribution in [0.3, 0.4) is 0 Å². The summed E-state index contributed by atoms with van der Waals surface area (Å²) in [5, 5.41) is 16.3. The second kappa shape index (κ2) is 5.50. The van der Waals surface area contributed by atoms with Crippen LogP contribution in [0.5, 0.6) is 5.88 Å². The summed E-state index contributed by atoms with van der Waals surface area (Å²) in [6, 6.07) is 7.98. The first-order valence-electron chi connectivity index (χ1n) is 6.54. The second-order valence-corrected chi connectivity index (χ2v) is 4.83. The Balaban J connectivity index is 2.19. The summed E-state index contributed by atoms with van der Waals surface area (Å²) in [7, 11) is 1.55. The molecule has 1 atom stereocenters. The van der Waals surface area contributed by atoms with Crippen molar-refractivity contribution in [2.45, 2.75) is 12.5 Å². The van der Waals surface area contributed by atoms with Crippen molar-refractivity contribution in [3.8, 4) is 11.9 Å². The number of aromatic nitrogens is 2. The number of nitrogens with two attached hydrogens (primary N) is 1. The van der Waals surface area contributed by atoms with Gasteiger partial charge in [0.15, 0.2) is 0 Å². The smallest absolute Gasteiger partial charge is 0.244 e. The summed E-state index contributed by atoms with van der Waals surface area (Å²) in [6.07, 6.45) is 0. The number of H-pyrrole nitrogens is 1. The minimum Gasteiger partial charge on any atom is -0.420 e. The van der Waals surface area contributed by atoms with Gasteiger partial charge in [0.2, 0.25) is 11.8 Å². The van der Waals surface area contributed by atoms with Gasteiger partial charge < -0.3 is 15.2 Å². The maximum atomic E-state index is 13.2. The van der Waals surface area contributed by atoms with Crippen LogP contribution in [-0.2, 0) is 11.3 Å². The van der Waals surface area contributed by atoms with Crippen molar-refractivity contribution in [2.24, 2.45) is 5.73 Å². The number of benzene rings is 1. The number of halogens is 1. The third-order valence-corrected chi connectivity index (χ3v) is 3.51. The predicted octanol–water partition coefficient (Wildman–Crippen LogP) is 1.91. The van der Waals surface area contributed by atoms with Crippen molar-refractivity contribution in [3.05, 3.63) is 58.4 Å². The number of hydrogen-bond acceptors (Lipinski definition) is 5. The fourth-order valence-electron chi connectivity index (χ4n) is 2.55. The number of methoxy groups -OCH3 is 1. The van der Waals surface area contributed by atoms with E-state index in [1.165, 1.54) is 12.1 Å². The molecule has 2 aromatic rings. The van der Waals surface area contributed by atoms with E-state index in [-0.39, 0.29) is 23.9 Å². The van der Waals surface area contributed by atoms with Crippen LogP contribution in [0, 0.1) is 17.1 Å². The molecule has 0 saturated carbocycles. The fourth-order valence-corrected chi connectivity index (χ4v) is 2.55. The van der Waals surface area contributed by atoms with E-state index in [0.29, 0.717) is 17.1 Å². The van der Waals surface area contributed by atoms with Crippen molar-refractivity contribution in [2.75, 3.05) is 7.11 Å². The summed E-state index contributed by atoms with van der Waals surface area (Å²) in [5.74, 6) is -0.522. The lowest BCUT2D eigenvalue weighted by Crippen LogP contribution is -2.21. The number of fused-ring (bicyclic) bond motifs is 1. The number of rotatable bonds is 3. The molecule has 1 aliphatic rings. The zero-order valence-electron chi connectivity index (χ0n) is 11.8. The van der Waals surface area contributed by atoms with Gasteiger partial charge in [-0.05, 0) is 17.7 Å². The summed E-state index contributed by atoms with van der Waals surface area (Å²) >= 11 is 0. The van der Waals surface area contributed by atoms with Crippen LogP contribution in [-0.4, -0.2) is 17.3 Å². The Labute approximate surface area is 126 Å². The van der Waals surface area contributed by atoms with Gasteiger partial charge in [-0.2, -0.15) is 5.26 Å². The highest BCUT2D eigenvalue weighted by Gasteiger charge is 2.35. The average Bonchev–Trinajstić information content (AvgIpc) is 2.90. The number of nitrogens with zero attached hydrogens (tertiary/aromatic N) is 2. The molecule has 3 rings (SSSR count). The van der Waals surface area contributed by atoms with E-state index in [9.17, 15) is 9.65 Å². The molecule has 7 heteroatoms. The van der Waals surface area contributed by atoms with Crippen molar-refractivity contribution in [1.29, 1.82) is 5.26 Å². The SMILES string of the molecule is COCc1[nH]nc2c1[C@@H](c1ccc(F)cc1)C(C#N)=C(N)O2. The zero-order chi connectivity index (χ0) is 15.7. The molecular formula is C15H13FN4O2. The Morgan fingerprint density at radius 2 is 2.18 bits per heavy atom. The molecule has 0 fully saturated rings. The van der Waals surface area contributed by atoms with Crippen LogP contribution in [0.1, 0.15) is 22.7 Å². The Hall–Kier alpha value is -2.85. The normalized spacial score (nSPS) is 16.9. The molecule has 0 saturated heterocycles. The van der Waals surface area contributed by atoms with E-state index in [1.54, 1.807) is 19.2 Å². The van der Waals surface area contributed by atoms with Crippen LogP contribution in [0.2, 0.25) is 0 Å². The maximum absolute atomic E-state index is 13.2. The Kier molecular flexibility index (Phi) is 3.53. The summed E-state index contributed by atoms with van der Waals surface area (Å²) in [5.41, 5.74) is 8.18. The molecule has 0 radical (unpaired) electrons. The first kappa shape index (κ1) is 14.1. The van der Waals surface area contributed by atoms with Crippen LogP contribution in [0.4, 0.5) is 4.39 Å². The van der Waals surface area contributed by atoms with Crippen LogP contribution >= 0.6 is 0 Å². The van der Waals surface area contributed by atoms with Gasteiger partial charge in [-0.1, -0.05) is 12.1 Å². The summed E-state index contributed by atoms with van der Waals surface area (Å²) < 4.78 is 23.7. The average molecular weight is 300 g/mol. The van der Waals surface area contributed by atoms with Crippen LogP contribution in [0.25, 0.3) is 0 Å². The molecule has 0 amide bonds. The van der Waals surface area contributed by atoms with Gasteiger partial charge in [-0.25, -0.2) is 4.39 Å². The molecular weight excluding hydrogens is 287 g/mol. The quantitative estimate of drug-likeness (QED) is 0.902. The van der Waals surface area contributed by atoms with Crippen LogP contribution < -0.4 is 10.5 Å². The monoisotopic (exact) mass is 300 g/mol. The maximum Gasteiger partial charge on any atom is 0.244 e. The molecule has 1 aliphatic heterocycles. The molecule has 3 N–H and O–H groups in total. The van der Waals surface area contributed by atoms with Gasteiger partial charge in [0.05, 0.1) is 23.8 Å². The number of nitrogens with one attached hydrogen (secondary N) is 1. The first-order chi connectivity index (χ1) is 10.7. The second-order valence-electron chi connectivity index (χ2n) is 4.83. The lowest BCUT2D eigenvalue weighted by atomic mass is 9.84.